The molecule has 2 heterocycles. The Hall–Kier alpha value is -4.51. The molecule has 1 fully saturated rings. The van der Waals surface area contributed by atoms with Gasteiger partial charge < -0.3 is 4.74 Å². The number of carbonyl (C=O) groups is 3. The molecule has 4 atom stereocenters. The lowest BCUT2D eigenvalue weighted by atomic mass is 9.64. The van der Waals surface area contributed by atoms with Crippen LogP contribution in [-0.4, -0.2) is 17.8 Å². The molecular weight excluding hydrogens is 462 g/mol. The molecule has 1 saturated heterocycles. The first-order valence-corrected chi connectivity index (χ1v) is 12.5. The van der Waals surface area contributed by atoms with E-state index in [1.807, 2.05) is 91.9 Å². The number of imide groups is 1. The fourth-order valence-corrected chi connectivity index (χ4v) is 6.24. The van der Waals surface area contributed by atoms with Crippen LogP contribution in [-0.2, 0) is 14.4 Å². The molecule has 4 aromatic rings. The van der Waals surface area contributed by atoms with Crippen molar-refractivity contribution in [1.29, 1.82) is 0 Å². The van der Waals surface area contributed by atoms with E-state index in [1.165, 1.54) is 4.90 Å². The lowest BCUT2D eigenvalue weighted by Crippen LogP contribution is -2.42. The van der Waals surface area contributed by atoms with Crippen LogP contribution in [0.1, 0.15) is 22.6 Å². The van der Waals surface area contributed by atoms with Crippen LogP contribution in [0.3, 0.4) is 0 Å². The van der Waals surface area contributed by atoms with Crippen molar-refractivity contribution in [2.75, 3.05) is 4.90 Å². The van der Waals surface area contributed by atoms with Gasteiger partial charge in [0, 0.05) is 16.9 Å². The lowest BCUT2D eigenvalue weighted by molar-refractivity contribution is -0.142. The van der Waals surface area contributed by atoms with Crippen molar-refractivity contribution in [2.45, 2.75) is 12.8 Å². The van der Waals surface area contributed by atoms with E-state index in [0.717, 1.165) is 33.0 Å². The number of ether oxygens (including phenoxy) is 1. The molecular formula is C32H23NO4. The Morgan fingerprint density at radius 3 is 2.22 bits per heavy atom. The van der Waals surface area contributed by atoms with Gasteiger partial charge >= 0.3 is 5.97 Å². The number of amides is 2. The molecule has 5 nitrogen and oxygen atoms in total. The summed E-state index contributed by atoms with van der Waals surface area (Å²) in [4.78, 5) is 42.8. The van der Waals surface area contributed by atoms with E-state index in [2.05, 4.69) is 0 Å². The molecule has 4 aromatic carbocycles. The molecule has 180 valence electrons. The Labute approximate surface area is 214 Å². The number of anilines is 1. The number of benzene rings is 4. The van der Waals surface area contributed by atoms with Crippen molar-refractivity contribution in [3.05, 3.63) is 114 Å². The average molecular weight is 486 g/mol. The van der Waals surface area contributed by atoms with Crippen LogP contribution in [0.15, 0.2) is 97.1 Å². The smallest absolute Gasteiger partial charge is 0.319 e. The zero-order valence-corrected chi connectivity index (χ0v) is 20.1. The van der Waals surface area contributed by atoms with Crippen LogP contribution in [0.4, 0.5) is 5.69 Å². The standard InChI is InChI=1S/C32H23NO4/c1-18-11-14-21(15-12-18)33-30(34)26-24(19-7-3-2-4-8-19)17-25-23-16-13-20-9-5-6-10-22(20)29(23)37-32(36)27(25)28(26)31(33)35/h2-17,24,26-28H,1H3/t24-,26-,27+,28-/m0/s1. The molecule has 0 bridgehead atoms. The van der Waals surface area contributed by atoms with Gasteiger partial charge in [0.25, 0.3) is 0 Å². The van der Waals surface area contributed by atoms with Crippen molar-refractivity contribution in [1.82, 2.24) is 0 Å². The number of carbonyl (C=O) groups excluding carboxylic acids is 3. The fraction of sp³-hybridized carbons (Fsp3) is 0.156. The van der Waals surface area contributed by atoms with E-state index < -0.39 is 23.7 Å². The number of aryl methyl sites for hydroxylation is 1. The molecule has 0 spiro atoms. The number of esters is 1. The summed E-state index contributed by atoms with van der Waals surface area (Å²) in [6, 6.07) is 28.8. The summed E-state index contributed by atoms with van der Waals surface area (Å²) >= 11 is 0. The summed E-state index contributed by atoms with van der Waals surface area (Å²) in [5.41, 5.74) is 4.07. The van der Waals surface area contributed by atoms with E-state index in [-0.39, 0.29) is 17.7 Å². The number of rotatable bonds is 2. The van der Waals surface area contributed by atoms with Crippen LogP contribution in [0.5, 0.6) is 5.75 Å². The first kappa shape index (κ1) is 21.7. The zero-order valence-electron chi connectivity index (χ0n) is 20.1. The molecule has 0 radical (unpaired) electrons. The van der Waals surface area contributed by atoms with Crippen LogP contribution < -0.4 is 9.64 Å². The number of nitrogens with zero attached hydrogens (tertiary/aromatic N) is 1. The Balaban J connectivity index is 1.44. The quantitative estimate of drug-likeness (QED) is 0.209. The van der Waals surface area contributed by atoms with Gasteiger partial charge in [-0.2, -0.15) is 0 Å². The fourth-order valence-electron chi connectivity index (χ4n) is 6.24. The number of allylic oxidation sites excluding steroid dienone is 1. The summed E-state index contributed by atoms with van der Waals surface area (Å²) in [7, 11) is 0. The second-order valence-corrected chi connectivity index (χ2v) is 10.0. The van der Waals surface area contributed by atoms with Crippen molar-refractivity contribution in [3.63, 3.8) is 0 Å². The minimum Gasteiger partial charge on any atom is -0.425 e. The van der Waals surface area contributed by atoms with E-state index in [9.17, 15) is 14.4 Å². The summed E-state index contributed by atoms with van der Waals surface area (Å²) < 4.78 is 5.94. The molecule has 0 saturated carbocycles. The van der Waals surface area contributed by atoms with Crippen molar-refractivity contribution >= 4 is 39.8 Å². The molecule has 5 heteroatoms. The topological polar surface area (TPSA) is 63.7 Å². The molecule has 0 N–H and O–H groups in total. The molecule has 1 aliphatic carbocycles. The van der Waals surface area contributed by atoms with Gasteiger partial charge in [-0.25, -0.2) is 4.90 Å². The third-order valence-corrected chi connectivity index (χ3v) is 7.96. The third-order valence-electron chi connectivity index (χ3n) is 7.96. The van der Waals surface area contributed by atoms with E-state index in [4.69, 9.17) is 4.74 Å². The van der Waals surface area contributed by atoms with Crippen LogP contribution in [0.25, 0.3) is 16.3 Å². The van der Waals surface area contributed by atoms with Crippen molar-refractivity contribution in [3.8, 4) is 5.75 Å². The predicted molar refractivity (Wildman–Crippen MR) is 141 cm³/mol. The number of hydrogen-bond donors (Lipinski definition) is 0. The SMILES string of the molecule is Cc1ccc(N2C(=O)[C@@H]3[C@@H]4C(=O)Oc5c(ccc6ccccc56)C4=C[C@@H](c4ccccc4)[C@@H]3C2=O)cc1. The highest BCUT2D eigenvalue weighted by Crippen LogP contribution is 2.55. The number of fused-ring (bicyclic) bond motifs is 7. The van der Waals surface area contributed by atoms with Gasteiger partial charge in [0.05, 0.1) is 23.4 Å². The van der Waals surface area contributed by atoms with Gasteiger partial charge in [-0.15, -0.1) is 0 Å². The second-order valence-electron chi connectivity index (χ2n) is 10.0. The minimum absolute atomic E-state index is 0.278. The molecule has 2 aliphatic heterocycles. The van der Waals surface area contributed by atoms with Crippen LogP contribution in [0.2, 0.25) is 0 Å². The summed E-state index contributed by atoms with van der Waals surface area (Å²) in [6.07, 6.45) is 2.03. The van der Waals surface area contributed by atoms with Gasteiger partial charge in [-0.05, 0) is 35.6 Å². The van der Waals surface area contributed by atoms with E-state index >= 15 is 0 Å². The zero-order chi connectivity index (χ0) is 25.3. The largest absolute Gasteiger partial charge is 0.425 e. The lowest BCUT2D eigenvalue weighted by Gasteiger charge is -2.38. The summed E-state index contributed by atoms with van der Waals surface area (Å²) in [5, 5.41) is 1.82. The molecule has 7 rings (SSSR count). The maximum atomic E-state index is 14.0. The number of hydrogen-bond acceptors (Lipinski definition) is 4. The average Bonchev–Trinajstić information content (AvgIpc) is 3.19. The van der Waals surface area contributed by atoms with Gasteiger partial charge in [0.15, 0.2) is 0 Å². The summed E-state index contributed by atoms with van der Waals surface area (Å²) in [5.74, 6) is -3.33. The van der Waals surface area contributed by atoms with Gasteiger partial charge in [-0.3, -0.25) is 14.4 Å². The Kier molecular flexibility index (Phi) is 4.70. The van der Waals surface area contributed by atoms with Gasteiger partial charge in [0.2, 0.25) is 11.8 Å². The highest BCUT2D eigenvalue weighted by Gasteiger charge is 2.60. The van der Waals surface area contributed by atoms with Gasteiger partial charge in [-0.1, -0.05) is 90.5 Å². The van der Waals surface area contributed by atoms with Crippen LogP contribution in [0, 0.1) is 24.7 Å². The van der Waals surface area contributed by atoms with E-state index in [1.54, 1.807) is 12.1 Å². The minimum atomic E-state index is -0.842. The Morgan fingerprint density at radius 2 is 1.43 bits per heavy atom. The molecule has 3 aliphatic rings. The Morgan fingerprint density at radius 1 is 0.730 bits per heavy atom. The maximum Gasteiger partial charge on any atom is 0.319 e. The predicted octanol–water partition coefficient (Wildman–Crippen LogP) is 5.67. The second kappa shape index (κ2) is 8.00. The monoisotopic (exact) mass is 485 g/mol. The van der Waals surface area contributed by atoms with Crippen molar-refractivity contribution < 1.29 is 19.1 Å². The van der Waals surface area contributed by atoms with E-state index in [0.29, 0.717) is 11.4 Å². The normalized spacial score (nSPS) is 24.3. The van der Waals surface area contributed by atoms with Gasteiger partial charge in [0.1, 0.15) is 5.75 Å². The highest BCUT2D eigenvalue weighted by atomic mass is 16.5. The molecule has 0 unspecified atom stereocenters. The summed E-state index contributed by atoms with van der Waals surface area (Å²) in [6.45, 7) is 1.96. The maximum absolute atomic E-state index is 14.0. The third kappa shape index (κ3) is 3.13. The molecule has 2 amide bonds. The first-order valence-electron chi connectivity index (χ1n) is 12.5. The Bertz CT molecular complexity index is 1640. The first-order chi connectivity index (χ1) is 18.0. The van der Waals surface area contributed by atoms with Crippen molar-refractivity contribution in [2.24, 2.45) is 17.8 Å². The van der Waals surface area contributed by atoms with Crippen LogP contribution >= 0.6 is 0 Å². The molecule has 0 aromatic heterocycles. The molecule has 37 heavy (non-hydrogen) atoms. The highest BCUT2D eigenvalue weighted by molar-refractivity contribution is 6.24.